The molecule has 6 heteroatoms. The molecule has 1 saturated heterocycles. The molecule has 3 aliphatic carbocycles. The van der Waals surface area contributed by atoms with Crippen molar-refractivity contribution in [3.8, 4) is 0 Å². The lowest BCUT2D eigenvalue weighted by molar-refractivity contribution is -0.140. The molecule has 0 radical (unpaired) electrons. The standard InChI is InChI=1S/C35H29N3O3/c39-29(20-19-23-11-3-1-4-12-23)37-36-22-35-27-17-9-7-15-25(27)30(26-16-8-10-18-28(26)35)31-32(35)34(41)38(33(31)40)21-24-13-5-2-6-14-24/h1-18,22,30-32H,19-21H2,(H,37,39)/b36-22-/t30?,31-,32+,35?/m0/s1. The van der Waals surface area contributed by atoms with Crippen molar-refractivity contribution in [3.05, 3.63) is 143 Å². The maximum atomic E-state index is 14.3. The monoisotopic (exact) mass is 539 g/mol. The van der Waals surface area contributed by atoms with Crippen molar-refractivity contribution in [1.29, 1.82) is 0 Å². The minimum atomic E-state index is -0.989. The van der Waals surface area contributed by atoms with Gasteiger partial charge in [0.1, 0.15) is 0 Å². The van der Waals surface area contributed by atoms with Crippen LogP contribution in [0.1, 0.15) is 45.7 Å². The van der Waals surface area contributed by atoms with Gasteiger partial charge in [-0.15, -0.1) is 0 Å². The Bertz CT molecular complexity index is 1630. The van der Waals surface area contributed by atoms with Crippen LogP contribution in [-0.2, 0) is 32.8 Å². The molecule has 202 valence electrons. The first-order chi connectivity index (χ1) is 20.1. The number of imide groups is 1. The van der Waals surface area contributed by atoms with Gasteiger partial charge in [-0.25, -0.2) is 5.43 Å². The zero-order valence-electron chi connectivity index (χ0n) is 22.4. The SMILES string of the molecule is O=C(CCc1ccccc1)N/N=C\C12c3ccccc3C(c3ccccc31)[C@@H]1C(=O)N(Cc3ccccc3)C(=O)[C@@H]12. The molecule has 41 heavy (non-hydrogen) atoms. The highest BCUT2D eigenvalue weighted by Crippen LogP contribution is 2.63. The van der Waals surface area contributed by atoms with Gasteiger partial charge in [0.15, 0.2) is 0 Å². The summed E-state index contributed by atoms with van der Waals surface area (Å²) in [6.45, 7) is 0.231. The molecule has 1 N–H and O–H groups in total. The van der Waals surface area contributed by atoms with Gasteiger partial charge in [-0.3, -0.25) is 19.3 Å². The van der Waals surface area contributed by atoms with Crippen LogP contribution in [0.25, 0.3) is 0 Å². The number of likely N-dealkylation sites (tertiary alicyclic amines) is 1. The number of rotatable bonds is 7. The molecular formula is C35H29N3O3. The summed E-state index contributed by atoms with van der Waals surface area (Å²) in [7, 11) is 0. The highest BCUT2D eigenvalue weighted by molar-refractivity contribution is 6.11. The topological polar surface area (TPSA) is 78.8 Å². The Balaban J connectivity index is 1.29. The minimum absolute atomic E-state index is 0.150. The van der Waals surface area contributed by atoms with Crippen molar-refractivity contribution in [3.63, 3.8) is 0 Å². The fraction of sp³-hybridized carbons (Fsp3) is 0.200. The zero-order valence-corrected chi connectivity index (χ0v) is 22.4. The van der Waals surface area contributed by atoms with E-state index in [1.165, 1.54) is 4.90 Å². The molecule has 3 amide bonds. The van der Waals surface area contributed by atoms with E-state index in [9.17, 15) is 14.4 Å². The average Bonchev–Trinajstić information content (AvgIpc) is 3.27. The second kappa shape index (κ2) is 9.97. The van der Waals surface area contributed by atoms with Gasteiger partial charge < -0.3 is 0 Å². The van der Waals surface area contributed by atoms with Crippen molar-refractivity contribution >= 4 is 23.9 Å². The van der Waals surface area contributed by atoms with Crippen LogP contribution in [-0.4, -0.2) is 28.8 Å². The van der Waals surface area contributed by atoms with Gasteiger partial charge >= 0.3 is 0 Å². The zero-order chi connectivity index (χ0) is 28.0. The lowest BCUT2D eigenvalue weighted by Gasteiger charge is -2.52. The van der Waals surface area contributed by atoms with Gasteiger partial charge in [-0.2, -0.15) is 5.10 Å². The lowest BCUT2D eigenvalue weighted by Crippen LogP contribution is -2.54. The Morgan fingerprint density at radius 2 is 1.32 bits per heavy atom. The first-order valence-electron chi connectivity index (χ1n) is 14.0. The van der Waals surface area contributed by atoms with Gasteiger partial charge in [0.25, 0.3) is 0 Å². The molecule has 0 spiro atoms. The number of hydrogen-bond acceptors (Lipinski definition) is 4. The van der Waals surface area contributed by atoms with Crippen LogP contribution in [0.15, 0.2) is 114 Å². The Morgan fingerprint density at radius 3 is 1.95 bits per heavy atom. The van der Waals surface area contributed by atoms with Gasteiger partial charge in [-0.05, 0) is 39.8 Å². The number of aryl methyl sites for hydroxylation is 1. The molecule has 0 aromatic heterocycles. The third-order valence-corrected chi connectivity index (χ3v) is 8.90. The molecule has 0 unspecified atom stereocenters. The van der Waals surface area contributed by atoms with Crippen LogP contribution in [0.3, 0.4) is 0 Å². The van der Waals surface area contributed by atoms with Crippen molar-refractivity contribution in [2.45, 2.75) is 30.7 Å². The molecule has 8 rings (SSSR count). The molecule has 4 aromatic rings. The number of hydrogen-bond donors (Lipinski definition) is 1. The molecule has 1 aliphatic heterocycles. The number of amides is 3. The minimum Gasteiger partial charge on any atom is -0.278 e. The Hall–Kier alpha value is -4.84. The molecule has 4 aliphatic rings. The van der Waals surface area contributed by atoms with Crippen LogP contribution >= 0.6 is 0 Å². The van der Waals surface area contributed by atoms with Crippen LogP contribution in [0.5, 0.6) is 0 Å². The predicted molar refractivity (Wildman–Crippen MR) is 156 cm³/mol. The second-order valence-corrected chi connectivity index (χ2v) is 11.1. The normalized spacial score (nSPS) is 23.8. The highest BCUT2D eigenvalue weighted by atomic mass is 16.2. The van der Waals surface area contributed by atoms with Crippen LogP contribution in [0.4, 0.5) is 0 Å². The largest absolute Gasteiger partial charge is 0.278 e. The van der Waals surface area contributed by atoms with E-state index in [1.54, 1.807) is 6.21 Å². The first-order valence-corrected chi connectivity index (χ1v) is 14.0. The molecule has 1 heterocycles. The summed E-state index contributed by atoms with van der Waals surface area (Å²) in [5, 5.41) is 4.49. The van der Waals surface area contributed by atoms with Gasteiger partial charge in [0.05, 0.1) is 23.8 Å². The maximum absolute atomic E-state index is 14.3. The van der Waals surface area contributed by atoms with Crippen LogP contribution in [0.2, 0.25) is 0 Å². The smallest absolute Gasteiger partial charge is 0.240 e. The van der Waals surface area contributed by atoms with Crippen molar-refractivity contribution < 1.29 is 14.4 Å². The van der Waals surface area contributed by atoms with E-state index in [-0.39, 0.29) is 36.6 Å². The van der Waals surface area contributed by atoms with E-state index >= 15 is 0 Å². The fourth-order valence-electron chi connectivity index (χ4n) is 7.20. The van der Waals surface area contributed by atoms with E-state index in [1.807, 2.05) is 97.1 Å². The summed E-state index contributed by atoms with van der Waals surface area (Å²) >= 11 is 0. The molecular weight excluding hydrogens is 510 g/mol. The van der Waals surface area contributed by atoms with E-state index in [0.717, 1.165) is 33.4 Å². The maximum Gasteiger partial charge on any atom is 0.240 e. The predicted octanol–water partition coefficient (Wildman–Crippen LogP) is 4.97. The molecule has 0 saturated carbocycles. The van der Waals surface area contributed by atoms with Gasteiger partial charge in [-0.1, -0.05) is 109 Å². The average molecular weight is 540 g/mol. The molecule has 1 fully saturated rings. The van der Waals surface area contributed by atoms with E-state index < -0.39 is 17.3 Å². The third kappa shape index (κ3) is 3.93. The Kier molecular flexibility index (Phi) is 6.11. The number of carbonyl (C=O) groups excluding carboxylic acids is 3. The fourth-order valence-corrected chi connectivity index (χ4v) is 7.20. The van der Waals surface area contributed by atoms with Crippen molar-refractivity contribution in [2.24, 2.45) is 16.9 Å². The Labute approximate surface area is 238 Å². The molecule has 6 nitrogen and oxygen atoms in total. The number of benzene rings is 4. The molecule has 4 aromatic carbocycles. The first kappa shape index (κ1) is 25.1. The van der Waals surface area contributed by atoms with E-state index in [4.69, 9.17) is 0 Å². The number of hydrazone groups is 1. The number of nitrogens with zero attached hydrogens (tertiary/aromatic N) is 2. The highest BCUT2D eigenvalue weighted by Gasteiger charge is 2.67. The summed E-state index contributed by atoms with van der Waals surface area (Å²) in [5.74, 6) is -1.97. The molecule has 2 bridgehead atoms. The second-order valence-electron chi connectivity index (χ2n) is 11.1. The number of carbonyl (C=O) groups is 3. The summed E-state index contributed by atoms with van der Waals surface area (Å²) in [6.07, 6.45) is 2.61. The van der Waals surface area contributed by atoms with Crippen molar-refractivity contribution in [1.82, 2.24) is 10.3 Å². The van der Waals surface area contributed by atoms with Crippen LogP contribution in [0, 0.1) is 11.8 Å². The summed E-state index contributed by atoms with van der Waals surface area (Å²) < 4.78 is 0. The van der Waals surface area contributed by atoms with Gasteiger partial charge in [0.2, 0.25) is 17.7 Å². The van der Waals surface area contributed by atoms with Gasteiger partial charge in [0, 0.05) is 18.6 Å². The summed E-state index contributed by atoms with van der Waals surface area (Å²) in [4.78, 5) is 42.6. The van der Waals surface area contributed by atoms with Crippen molar-refractivity contribution in [2.75, 3.05) is 0 Å². The third-order valence-electron chi connectivity index (χ3n) is 8.90. The lowest BCUT2D eigenvalue weighted by atomic mass is 9.47. The summed E-state index contributed by atoms with van der Waals surface area (Å²) in [6, 6.07) is 35.6. The van der Waals surface area contributed by atoms with E-state index in [2.05, 4.69) is 22.7 Å². The van der Waals surface area contributed by atoms with E-state index in [0.29, 0.717) is 6.42 Å². The summed E-state index contributed by atoms with van der Waals surface area (Å²) in [5.41, 5.74) is 7.73. The molecule has 2 atom stereocenters. The Morgan fingerprint density at radius 1 is 0.756 bits per heavy atom. The number of nitrogens with one attached hydrogen (secondary N) is 1. The van der Waals surface area contributed by atoms with Crippen LogP contribution < -0.4 is 5.43 Å². The quantitative estimate of drug-likeness (QED) is 0.205.